The van der Waals surface area contributed by atoms with Gasteiger partial charge in [0.2, 0.25) is 5.78 Å². The Labute approximate surface area is 218 Å². The molecule has 2 aromatic carbocycles. The van der Waals surface area contributed by atoms with Crippen molar-refractivity contribution in [2.75, 3.05) is 13.7 Å². The van der Waals surface area contributed by atoms with Gasteiger partial charge >= 0.3 is 5.76 Å². The van der Waals surface area contributed by atoms with E-state index in [2.05, 4.69) is 27.1 Å². The number of aromatic nitrogens is 6. The smallest absolute Gasteiger partial charge is 0.383 e. The summed E-state index contributed by atoms with van der Waals surface area (Å²) >= 11 is 0. The number of hydrogen-bond acceptors (Lipinski definition) is 7. The van der Waals surface area contributed by atoms with Crippen LogP contribution in [0.25, 0.3) is 28.3 Å². The second kappa shape index (κ2) is 10.6. The molecule has 0 spiro atoms. The van der Waals surface area contributed by atoms with Crippen LogP contribution in [0.3, 0.4) is 0 Å². The van der Waals surface area contributed by atoms with E-state index in [9.17, 15) is 9.59 Å². The minimum absolute atomic E-state index is 0.0673. The van der Waals surface area contributed by atoms with Gasteiger partial charge in [-0.2, -0.15) is 10.1 Å². The molecule has 3 aromatic heterocycles. The second-order valence-corrected chi connectivity index (χ2v) is 9.39. The summed E-state index contributed by atoms with van der Waals surface area (Å²) in [6.07, 6.45) is 2.05. The highest BCUT2D eigenvalue weighted by atomic mass is 16.5. The third-order valence-electron chi connectivity index (χ3n) is 6.60. The van der Waals surface area contributed by atoms with E-state index in [-0.39, 0.29) is 11.6 Å². The Bertz CT molecular complexity index is 1690. The van der Waals surface area contributed by atoms with Crippen LogP contribution in [-0.4, -0.2) is 43.0 Å². The molecule has 0 aliphatic carbocycles. The van der Waals surface area contributed by atoms with E-state index in [4.69, 9.17) is 9.26 Å². The zero-order valence-corrected chi connectivity index (χ0v) is 21.9. The monoisotopic (exact) mass is 514 g/mol. The summed E-state index contributed by atoms with van der Waals surface area (Å²) < 4.78 is 13.6. The Hall–Kier alpha value is -4.31. The maximum absolute atomic E-state index is 13.9. The fourth-order valence-corrected chi connectivity index (χ4v) is 4.91. The molecule has 0 aliphatic rings. The molecule has 0 amide bonds. The average Bonchev–Trinajstić information content (AvgIpc) is 3.52. The van der Waals surface area contributed by atoms with Gasteiger partial charge in [0, 0.05) is 24.7 Å². The molecule has 0 saturated carbocycles. The summed E-state index contributed by atoms with van der Waals surface area (Å²) in [6.45, 7) is 6.27. The van der Waals surface area contributed by atoms with Crippen LogP contribution in [0, 0.1) is 6.92 Å². The maximum atomic E-state index is 13.9. The van der Waals surface area contributed by atoms with Crippen molar-refractivity contribution in [3.05, 3.63) is 92.1 Å². The van der Waals surface area contributed by atoms with Crippen LogP contribution >= 0.6 is 0 Å². The Morgan fingerprint density at radius 2 is 1.82 bits per heavy atom. The van der Waals surface area contributed by atoms with Gasteiger partial charge in [-0.3, -0.25) is 18.9 Å². The average molecular weight is 515 g/mol. The van der Waals surface area contributed by atoms with E-state index >= 15 is 0 Å². The molecule has 0 radical (unpaired) electrons. The molecule has 0 saturated heterocycles. The van der Waals surface area contributed by atoms with Crippen molar-refractivity contribution in [1.82, 2.24) is 29.3 Å². The van der Waals surface area contributed by atoms with Gasteiger partial charge in [-0.15, -0.1) is 0 Å². The van der Waals surface area contributed by atoms with E-state index < -0.39 is 5.76 Å². The van der Waals surface area contributed by atoms with Crippen molar-refractivity contribution >= 4 is 5.78 Å². The summed E-state index contributed by atoms with van der Waals surface area (Å²) in [4.78, 5) is 32.6. The van der Waals surface area contributed by atoms with E-state index in [1.165, 1.54) is 0 Å². The van der Waals surface area contributed by atoms with E-state index in [1.807, 2.05) is 66.9 Å². The minimum Gasteiger partial charge on any atom is -0.383 e. The number of methoxy groups -OCH3 is 1. The number of aryl methyl sites for hydroxylation is 2. The second-order valence-electron chi connectivity index (χ2n) is 9.39. The Morgan fingerprint density at radius 1 is 1.08 bits per heavy atom. The van der Waals surface area contributed by atoms with Gasteiger partial charge < -0.3 is 4.74 Å². The largest absolute Gasteiger partial charge is 0.439 e. The standard InChI is InChI=1S/C28H30N6O4/c1-5-8-24-23(26(35)33(17(2)16-37-4)27-29-18(3)31-34(24)27)15-19-11-13-20(14-12-19)21-9-6-7-10-22(21)25-30-28(36)38-32-25/h6-7,9-14,17H,5,8,15-16H2,1-4H3,(H,30,32,36). The number of rotatable bonds is 9. The molecule has 0 fully saturated rings. The number of fused-ring (bicyclic) bond motifs is 1. The van der Waals surface area contributed by atoms with Crippen molar-refractivity contribution in [2.24, 2.45) is 0 Å². The van der Waals surface area contributed by atoms with Crippen molar-refractivity contribution in [3.63, 3.8) is 0 Å². The molecule has 1 unspecified atom stereocenters. The summed E-state index contributed by atoms with van der Waals surface area (Å²) in [5.41, 5.74) is 5.15. The Balaban J connectivity index is 1.56. The maximum Gasteiger partial charge on any atom is 0.439 e. The van der Waals surface area contributed by atoms with Crippen LogP contribution < -0.4 is 11.3 Å². The van der Waals surface area contributed by atoms with Crippen LogP contribution in [0.1, 0.15) is 49.0 Å². The number of nitrogens with zero attached hydrogens (tertiary/aromatic N) is 5. The zero-order chi connectivity index (χ0) is 26.8. The van der Waals surface area contributed by atoms with E-state index in [0.29, 0.717) is 42.4 Å². The van der Waals surface area contributed by atoms with Gasteiger partial charge in [0.1, 0.15) is 5.82 Å². The van der Waals surface area contributed by atoms with Gasteiger partial charge in [-0.25, -0.2) is 9.31 Å². The van der Waals surface area contributed by atoms with Gasteiger partial charge in [0.25, 0.3) is 5.56 Å². The molecule has 5 rings (SSSR count). The highest BCUT2D eigenvalue weighted by Crippen LogP contribution is 2.30. The van der Waals surface area contributed by atoms with Crippen LogP contribution in [0.5, 0.6) is 0 Å². The molecule has 1 N–H and O–H groups in total. The lowest BCUT2D eigenvalue weighted by Crippen LogP contribution is -2.33. The molecule has 38 heavy (non-hydrogen) atoms. The van der Waals surface area contributed by atoms with Gasteiger partial charge in [0.05, 0.1) is 18.3 Å². The van der Waals surface area contributed by atoms with Gasteiger partial charge in [0.15, 0.2) is 5.82 Å². The van der Waals surface area contributed by atoms with Crippen molar-refractivity contribution in [2.45, 2.75) is 46.1 Å². The summed E-state index contributed by atoms with van der Waals surface area (Å²) in [5.74, 6) is 0.940. The highest BCUT2D eigenvalue weighted by Gasteiger charge is 2.22. The lowest BCUT2D eigenvalue weighted by molar-refractivity contribution is 0.161. The first-order valence-corrected chi connectivity index (χ1v) is 12.6. The number of benzene rings is 2. The fourth-order valence-electron chi connectivity index (χ4n) is 4.91. The zero-order valence-electron chi connectivity index (χ0n) is 21.9. The highest BCUT2D eigenvalue weighted by molar-refractivity contribution is 5.80. The van der Waals surface area contributed by atoms with Crippen LogP contribution in [-0.2, 0) is 17.6 Å². The van der Waals surface area contributed by atoms with Crippen molar-refractivity contribution < 1.29 is 9.26 Å². The molecule has 3 heterocycles. The SMILES string of the molecule is CCCc1c(Cc2ccc(-c3ccccc3-c3noc(=O)[nH]3)cc2)c(=O)n(C(C)COC)c2nc(C)nn12. The van der Waals surface area contributed by atoms with Crippen LogP contribution in [0.15, 0.2) is 62.6 Å². The summed E-state index contributed by atoms with van der Waals surface area (Å²) in [5, 5.41) is 8.48. The van der Waals surface area contributed by atoms with Crippen LogP contribution in [0.4, 0.5) is 0 Å². The first-order valence-electron chi connectivity index (χ1n) is 12.6. The molecular weight excluding hydrogens is 484 g/mol. The third kappa shape index (κ3) is 4.70. The van der Waals surface area contributed by atoms with Crippen molar-refractivity contribution in [3.8, 4) is 22.5 Å². The lowest BCUT2D eigenvalue weighted by atomic mass is 9.96. The Morgan fingerprint density at radius 3 is 2.47 bits per heavy atom. The molecule has 10 heteroatoms. The number of nitrogens with one attached hydrogen (secondary N) is 1. The molecule has 0 aliphatic heterocycles. The predicted molar refractivity (Wildman–Crippen MR) is 143 cm³/mol. The minimum atomic E-state index is -0.599. The number of hydrogen-bond donors (Lipinski definition) is 1. The lowest BCUT2D eigenvalue weighted by Gasteiger charge is -2.19. The molecule has 196 valence electrons. The van der Waals surface area contributed by atoms with Crippen molar-refractivity contribution in [1.29, 1.82) is 0 Å². The summed E-state index contributed by atoms with van der Waals surface area (Å²) in [6, 6.07) is 15.5. The molecule has 0 bridgehead atoms. The number of aromatic amines is 1. The fraction of sp³-hybridized carbons (Fsp3) is 0.321. The van der Waals surface area contributed by atoms with Crippen LogP contribution in [0.2, 0.25) is 0 Å². The van der Waals surface area contributed by atoms with E-state index in [1.54, 1.807) is 11.7 Å². The van der Waals surface area contributed by atoms with E-state index in [0.717, 1.165) is 34.4 Å². The topological polar surface area (TPSA) is 120 Å². The third-order valence-corrected chi connectivity index (χ3v) is 6.60. The molecule has 5 aromatic rings. The predicted octanol–water partition coefficient (Wildman–Crippen LogP) is 3.96. The first-order chi connectivity index (χ1) is 18.4. The molecule has 10 nitrogen and oxygen atoms in total. The number of ether oxygens (including phenoxy) is 1. The summed E-state index contributed by atoms with van der Waals surface area (Å²) in [7, 11) is 1.63. The van der Waals surface area contributed by atoms with Gasteiger partial charge in [-0.05, 0) is 37.0 Å². The Kier molecular flexibility index (Phi) is 7.06. The number of H-pyrrole nitrogens is 1. The molecule has 1 atom stereocenters. The normalized spacial score (nSPS) is 12.3. The van der Waals surface area contributed by atoms with Gasteiger partial charge in [-0.1, -0.05) is 67.0 Å². The quantitative estimate of drug-likeness (QED) is 0.316. The molecular formula is C28H30N6O4. The first kappa shape index (κ1) is 25.3.